The Hall–Kier alpha value is -1.89. The molecule has 4 rings (SSSR count). The number of esters is 3. The van der Waals surface area contributed by atoms with E-state index in [9.17, 15) is 14.4 Å². The maximum absolute atomic E-state index is 12.3. The number of carbonyl (C=O) groups is 3. The Balaban J connectivity index is 1.72. The monoisotopic (exact) mass is 336 g/mol. The lowest BCUT2D eigenvalue weighted by Gasteiger charge is -2.25. The Morgan fingerprint density at radius 1 is 1.33 bits per heavy atom. The SMILES string of the molecule is CC(=O)OC1CC2O[C@@]2(C)CC2OC(=O)[C@H](C)C2C2C=C1C(=O)O2. The van der Waals surface area contributed by atoms with E-state index in [0.29, 0.717) is 18.4 Å². The number of epoxide rings is 1. The van der Waals surface area contributed by atoms with Crippen molar-refractivity contribution in [3.63, 3.8) is 0 Å². The third-order valence-corrected chi connectivity index (χ3v) is 5.57. The van der Waals surface area contributed by atoms with E-state index in [0.717, 1.165) is 0 Å². The molecule has 7 nitrogen and oxygen atoms in total. The molecule has 0 aromatic rings. The lowest BCUT2D eigenvalue weighted by molar-refractivity contribution is -0.148. The summed E-state index contributed by atoms with van der Waals surface area (Å²) in [4.78, 5) is 35.8. The van der Waals surface area contributed by atoms with Gasteiger partial charge in [-0.3, -0.25) is 9.59 Å². The number of hydrogen-bond donors (Lipinski definition) is 0. The van der Waals surface area contributed by atoms with Crippen LogP contribution >= 0.6 is 0 Å². The van der Waals surface area contributed by atoms with Crippen molar-refractivity contribution in [3.8, 4) is 0 Å². The molecule has 0 saturated carbocycles. The molecule has 7 atom stereocenters. The summed E-state index contributed by atoms with van der Waals surface area (Å²) in [6.07, 6.45) is 0.904. The highest BCUT2D eigenvalue weighted by molar-refractivity contribution is 5.92. The van der Waals surface area contributed by atoms with Crippen LogP contribution in [0.15, 0.2) is 11.6 Å². The Morgan fingerprint density at radius 3 is 2.79 bits per heavy atom. The van der Waals surface area contributed by atoms with Gasteiger partial charge in [0.1, 0.15) is 18.3 Å². The minimum absolute atomic E-state index is 0.150. The van der Waals surface area contributed by atoms with Gasteiger partial charge >= 0.3 is 17.9 Å². The Bertz CT molecular complexity index is 653. The van der Waals surface area contributed by atoms with Gasteiger partial charge < -0.3 is 18.9 Å². The molecule has 2 fully saturated rings. The predicted molar refractivity (Wildman–Crippen MR) is 78.6 cm³/mol. The summed E-state index contributed by atoms with van der Waals surface area (Å²) in [5, 5.41) is 0. The number of fused-ring (bicyclic) bond motifs is 4. The summed E-state index contributed by atoms with van der Waals surface area (Å²) >= 11 is 0. The largest absolute Gasteiger partial charge is 0.462 e. The van der Waals surface area contributed by atoms with Crippen molar-refractivity contribution >= 4 is 17.9 Å². The standard InChI is InChI=1S/C17H20O7/c1-7-14-11-4-9(16(20)22-11)10(21-8(2)18)5-13-17(3,24-13)6-12(14)23-15(7)19/h4,7,10-14H,5-6H2,1-3H3/t7-,10?,11?,12?,13?,14?,17+/m1/s1. The van der Waals surface area contributed by atoms with E-state index in [2.05, 4.69) is 0 Å². The average Bonchev–Trinajstić information content (AvgIpc) is 2.80. The number of ether oxygens (including phenoxy) is 4. The van der Waals surface area contributed by atoms with Crippen LogP contribution in [0.2, 0.25) is 0 Å². The van der Waals surface area contributed by atoms with Gasteiger partial charge in [0.05, 0.1) is 23.2 Å². The van der Waals surface area contributed by atoms with Crippen molar-refractivity contribution in [3.05, 3.63) is 11.6 Å². The van der Waals surface area contributed by atoms with Gasteiger partial charge in [-0.25, -0.2) is 4.79 Å². The quantitative estimate of drug-likeness (QED) is 0.399. The van der Waals surface area contributed by atoms with E-state index in [1.54, 1.807) is 13.0 Å². The van der Waals surface area contributed by atoms with E-state index >= 15 is 0 Å². The highest BCUT2D eigenvalue weighted by Gasteiger charge is 2.60. The van der Waals surface area contributed by atoms with E-state index in [1.165, 1.54) is 6.92 Å². The topological polar surface area (TPSA) is 91.4 Å². The van der Waals surface area contributed by atoms with Gasteiger partial charge in [0.15, 0.2) is 0 Å². The minimum atomic E-state index is -0.684. The van der Waals surface area contributed by atoms with Crippen LogP contribution in [-0.2, 0) is 33.3 Å². The third-order valence-electron chi connectivity index (χ3n) is 5.57. The molecule has 3 heterocycles. The highest BCUT2D eigenvalue weighted by Crippen LogP contribution is 2.50. The zero-order valence-electron chi connectivity index (χ0n) is 13.8. The summed E-state index contributed by atoms with van der Waals surface area (Å²) < 4.78 is 22.2. The second-order valence-corrected chi connectivity index (χ2v) is 7.29. The number of hydrogen-bond acceptors (Lipinski definition) is 7. The summed E-state index contributed by atoms with van der Waals surface area (Å²) in [6.45, 7) is 5.05. The summed E-state index contributed by atoms with van der Waals surface area (Å²) in [6, 6.07) is 0. The van der Waals surface area contributed by atoms with Gasteiger partial charge in [0.2, 0.25) is 0 Å². The van der Waals surface area contributed by atoms with Crippen LogP contribution in [0.4, 0.5) is 0 Å². The van der Waals surface area contributed by atoms with Crippen molar-refractivity contribution in [1.29, 1.82) is 0 Å². The molecular weight excluding hydrogens is 316 g/mol. The van der Waals surface area contributed by atoms with Crippen LogP contribution in [0.25, 0.3) is 0 Å². The Morgan fingerprint density at radius 2 is 2.08 bits per heavy atom. The second-order valence-electron chi connectivity index (χ2n) is 7.29. The molecule has 0 spiro atoms. The van der Waals surface area contributed by atoms with Gasteiger partial charge in [-0.15, -0.1) is 0 Å². The molecule has 2 bridgehead atoms. The first-order valence-electron chi connectivity index (χ1n) is 8.27. The normalized spacial score (nSPS) is 46.2. The molecule has 0 amide bonds. The van der Waals surface area contributed by atoms with Gasteiger partial charge in [0.25, 0.3) is 0 Å². The maximum Gasteiger partial charge on any atom is 0.338 e. The van der Waals surface area contributed by atoms with Gasteiger partial charge in [-0.05, 0) is 13.0 Å². The van der Waals surface area contributed by atoms with Crippen molar-refractivity contribution in [2.24, 2.45) is 11.8 Å². The van der Waals surface area contributed by atoms with Crippen LogP contribution in [0.3, 0.4) is 0 Å². The zero-order chi connectivity index (χ0) is 17.2. The van der Waals surface area contributed by atoms with Crippen LogP contribution in [0.5, 0.6) is 0 Å². The lowest BCUT2D eigenvalue weighted by atomic mass is 9.81. The molecule has 3 aliphatic heterocycles. The fraction of sp³-hybridized carbons (Fsp3) is 0.706. The Kier molecular flexibility index (Phi) is 3.29. The molecule has 0 aromatic heterocycles. The van der Waals surface area contributed by atoms with Gasteiger partial charge in [0, 0.05) is 25.7 Å². The van der Waals surface area contributed by atoms with E-state index in [4.69, 9.17) is 18.9 Å². The first-order valence-corrected chi connectivity index (χ1v) is 8.27. The zero-order valence-corrected chi connectivity index (χ0v) is 13.8. The molecule has 24 heavy (non-hydrogen) atoms. The predicted octanol–water partition coefficient (Wildman–Crippen LogP) is 0.899. The van der Waals surface area contributed by atoms with E-state index in [1.807, 2.05) is 6.92 Å². The molecule has 0 aromatic carbocycles. The average molecular weight is 336 g/mol. The number of rotatable bonds is 1. The molecular formula is C17H20O7. The first kappa shape index (κ1) is 15.6. The van der Waals surface area contributed by atoms with Crippen LogP contribution in [0, 0.1) is 11.8 Å². The van der Waals surface area contributed by atoms with Gasteiger partial charge in [-0.1, -0.05) is 6.92 Å². The first-order chi connectivity index (χ1) is 11.3. The van der Waals surface area contributed by atoms with Crippen molar-refractivity contribution in [2.75, 3.05) is 0 Å². The molecule has 0 N–H and O–H groups in total. The lowest BCUT2D eigenvalue weighted by Crippen LogP contribution is -2.35. The summed E-state index contributed by atoms with van der Waals surface area (Å²) in [5.41, 5.74) is -0.105. The van der Waals surface area contributed by atoms with E-state index < -0.39 is 29.7 Å². The smallest absolute Gasteiger partial charge is 0.338 e. The molecule has 4 aliphatic rings. The van der Waals surface area contributed by atoms with Crippen LogP contribution in [0.1, 0.15) is 33.6 Å². The highest BCUT2D eigenvalue weighted by atomic mass is 16.6. The second kappa shape index (κ2) is 5.05. The van der Waals surface area contributed by atoms with Crippen LogP contribution < -0.4 is 0 Å². The van der Waals surface area contributed by atoms with Gasteiger partial charge in [-0.2, -0.15) is 0 Å². The third kappa shape index (κ3) is 2.33. The van der Waals surface area contributed by atoms with Crippen LogP contribution in [-0.4, -0.2) is 47.9 Å². The minimum Gasteiger partial charge on any atom is -0.462 e. The van der Waals surface area contributed by atoms with Crippen molar-refractivity contribution in [1.82, 2.24) is 0 Å². The van der Waals surface area contributed by atoms with E-state index in [-0.39, 0.29) is 30.0 Å². The number of carbonyl (C=O) groups excluding carboxylic acids is 3. The molecule has 5 unspecified atom stereocenters. The molecule has 0 radical (unpaired) electrons. The molecule has 2 saturated heterocycles. The van der Waals surface area contributed by atoms with Crippen molar-refractivity contribution < 1.29 is 33.3 Å². The molecule has 7 heteroatoms. The van der Waals surface area contributed by atoms with Crippen molar-refractivity contribution in [2.45, 2.75) is 63.6 Å². The summed E-state index contributed by atoms with van der Waals surface area (Å²) in [7, 11) is 0. The Labute approximate surface area is 139 Å². The summed E-state index contributed by atoms with van der Waals surface area (Å²) in [5.74, 6) is -1.85. The maximum atomic E-state index is 12.3. The molecule has 1 aliphatic carbocycles. The fourth-order valence-electron chi connectivity index (χ4n) is 4.19. The fourth-order valence-corrected chi connectivity index (χ4v) is 4.19. The molecule has 130 valence electrons.